The van der Waals surface area contributed by atoms with Crippen LogP contribution in [0, 0.1) is 12.7 Å². The Labute approximate surface area is 186 Å². The third-order valence-electron chi connectivity index (χ3n) is 5.47. The topological polar surface area (TPSA) is 35.6 Å². The number of carbonyl (C=O) groups excluding carboxylic acids is 1. The minimum absolute atomic E-state index is 0.0506. The standard InChI is InChI=1S/C22H22F7N3O/c1-13-7-17(23)3-4-18(13)19-11-30-5-6-32(19)20(33)31(2)12-14-8-15(21(24,25)26)10-16(9-14)22(27,28)29/h3-4,7-10,19,30H,5-6,11-12H2,1-2H3. The van der Waals surface area contributed by atoms with Crippen molar-refractivity contribution in [2.45, 2.75) is 31.9 Å². The second-order valence-corrected chi connectivity index (χ2v) is 7.97. The van der Waals surface area contributed by atoms with Gasteiger partial charge in [0.25, 0.3) is 0 Å². The summed E-state index contributed by atoms with van der Waals surface area (Å²) in [6, 6.07) is 4.40. The van der Waals surface area contributed by atoms with Crippen molar-refractivity contribution in [2.75, 3.05) is 26.7 Å². The van der Waals surface area contributed by atoms with E-state index in [1.54, 1.807) is 13.0 Å². The molecule has 4 nitrogen and oxygen atoms in total. The van der Waals surface area contributed by atoms with E-state index in [0.29, 0.717) is 36.3 Å². The molecule has 0 spiro atoms. The molecule has 1 fully saturated rings. The minimum atomic E-state index is -4.97. The average Bonchev–Trinajstić information content (AvgIpc) is 2.72. The van der Waals surface area contributed by atoms with Crippen LogP contribution in [0.25, 0.3) is 0 Å². The highest BCUT2D eigenvalue weighted by Gasteiger charge is 2.37. The van der Waals surface area contributed by atoms with Gasteiger partial charge in [-0.25, -0.2) is 9.18 Å². The predicted molar refractivity (Wildman–Crippen MR) is 107 cm³/mol. The molecule has 2 aromatic carbocycles. The highest BCUT2D eigenvalue weighted by molar-refractivity contribution is 5.75. The van der Waals surface area contributed by atoms with E-state index >= 15 is 0 Å². The normalized spacial score (nSPS) is 17.2. The van der Waals surface area contributed by atoms with E-state index in [-0.39, 0.29) is 18.2 Å². The Morgan fingerprint density at radius 1 is 1.06 bits per heavy atom. The molecule has 2 amide bonds. The summed E-state index contributed by atoms with van der Waals surface area (Å²) in [7, 11) is 1.31. The molecule has 1 N–H and O–H groups in total. The maximum Gasteiger partial charge on any atom is 0.416 e. The first-order chi connectivity index (χ1) is 15.3. The third-order valence-corrected chi connectivity index (χ3v) is 5.47. The molecule has 2 aromatic rings. The molecule has 1 aliphatic rings. The smallest absolute Gasteiger partial charge is 0.323 e. The molecule has 33 heavy (non-hydrogen) atoms. The van der Waals surface area contributed by atoms with Crippen LogP contribution >= 0.6 is 0 Å². The molecule has 1 heterocycles. The Kier molecular flexibility index (Phi) is 6.92. The van der Waals surface area contributed by atoms with Gasteiger partial charge in [0.05, 0.1) is 17.2 Å². The van der Waals surface area contributed by atoms with E-state index in [0.717, 1.165) is 4.90 Å². The highest BCUT2D eigenvalue weighted by atomic mass is 19.4. The van der Waals surface area contributed by atoms with Crippen molar-refractivity contribution in [2.24, 2.45) is 0 Å². The van der Waals surface area contributed by atoms with Crippen molar-refractivity contribution in [1.29, 1.82) is 0 Å². The minimum Gasteiger partial charge on any atom is -0.323 e. The number of piperazine rings is 1. The Balaban J connectivity index is 1.87. The highest BCUT2D eigenvalue weighted by Crippen LogP contribution is 2.36. The number of amides is 2. The van der Waals surface area contributed by atoms with Crippen molar-refractivity contribution in [3.63, 3.8) is 0 Å². The summed E-state index contributed by atoms with van der Waals surface area (Å²) in [6.45, 7) is 2.33. The van der Waals surface area contributed by atoms with Crippen LogP contribution in [0.2, 0.25) is 0 Å². The number of hydrogen-bond acceptors (Lipinski definition) is 2. The molecule has 180 valence electrons. The molecular weight excluding hydrogens is 455 g/mol. The molecule has 0 aliphatic carbocycles. The first-order valence-electron chi connectivity index (χ1n) is 10.0. The Bertz CT molecular complexity index is 988. The molecule has 3 rings (SSSR count). The Morgan fingerprint density at radius 3 is 2.21 bits per heavy atom. The van der Waals surface area contributed by atoms with Crippen LogP contribution in [-0.2, 0) is 18.9 Å². The fraction of sp³-hybridized carbons (Fsp3) is 0.409. The van der Waals surface area contributed by atoms with Gasteiger partial charge in [-0.05, 0) is 53.9 Å². The molecule has 1 unspecified atom stereocenters. The maximum atomic E-state index is 13.5. The number of halogens is 7. The number of urea groups is 1. The molecule has 1 aliphatic heterocycles. The monoisotopic (exact) mass is 477 g/mol. The van der Waals surface area contributed by atoms with Gasteiger partial charge in [0.15, 0.2) is 0 Å². The van der Waals surface area contributed by atoms with E-state index in [1.165, 1.54) is 24.1 Å². The van der Waals surface area contributed by atoms with E-state index in [2.05, 4.69) is 5.32 Å². The second-order valence-electron chi connectivity index (χ2n) is 7.97. The van der Waals surface area contributed by atoms with Crippen LogP contribution in [0.5, 0.6) is 0 Å². The van der Waals surface area contributed by atoms with Gasteiger partial charge in [-0.1, -0.05) is 6.07 Å². The van der Waals surface area contributed by atoms with Crippen LogP contribution in [0.4, 0.5) is 35.5 Å². The summed E-state index contributed by atoms with van der Waals surface area (Å²) in [5.74, 6) is -0.431. The van der Waals surface area contributed by atoms with Gasteiger partial charge < -0.3 is 15.1 Å². The van der Waals surface area contributed by atoms with Gasteiger partial charge >= 0.3 is 18.4 Å². The van der Waals surface area contributed by atoms with Crippen molar-refractivity contribution in [1.82, 2.24) is 15.1 Å². The number of alkyl halides is 6. The number of rotatable bonds is 3. The molecule has 1 saturated heterocycles. The lowest BCUT2D eigenvalue weighted by atomic mass is 9.98. The zero-order valence-electron chi connectivity index (χ0n) is 17.8. The quantitative estimate of drug-likeness (QED) is 0.604. The average molecular weight is 477 g/mol. The summed E-state index contributed by atoms with van der Waals surface area (Å²) in [5.41, 5.74) is -1.84. The van der Waals surface area contributed by atoms with Crippen molar-refractivity contribution >= 4 is 6.03 Å². The summed E-state index contributed by atoms with van der Waals surface area (Å²) < 4.78 is 92.3. The summed E-state index contributed by atoms with van der Waals surface area (Å²) in [5, 5.41) is 3.14. The number of nitrogens with one attached hydrogen (secondary N) is 1. The van der Waals surface area contributed by atoms with E-state index < -0.39 is 47.9 Å². The Hall–Kier alpha value is -2.82. The number of carbonyl (C=O) groups is 1. The van der Waals surface area contributed by atoms with Gasteiger partial charge in [-0.2, -0.15) is 26.3 Å². The van der Waals surface area contributed by atoms with Gasteiger partial charge in [0, 0.05) is 33.2 Å². The van der Waals surface area contributed by atoms with Crippen LogP contribution in [0.15, 0.2) is 36.4 Å². The largest absolute Gasteiger partial charge is 0.416 e. The van der Waals surface area contributed by atoms with Gasteiger partial charge in [-0.3, -0.25) is 0 Å². The summed E-state index contributed by atoms with van der Waals surface area (Å²) in [6.07, 6.45) is -9.94. The van der Waals surface area contributed by atoms with Crippen LogP contribution in [0.3, 0.4) is 0 Å². The van der Waals surface area contributed by atoms with E-state index in [9.17, 15) is 35.5 Å². The van der Waals surface area contributed by atoms with Crippen molar-refractivity contribution in [3.8, 4) is 0 Å². The molecular formula is C22H22F7N3O. The van der Waals surface area contributed by atoms with Gasteiger partial charge in [0.1, 0.15) is 5.82 Å². The maximum absolute atomic E-state index is 13.5. The molecule has 11 heteroatoms. The van der Waals surface area contributed by atoms with Crippen LogP contribution in [0.1, 0.15) is 33.9 Å². The number of aryl methyl sites for hydroxylation is 1. The molecule has 1 atom stereocenters. The lowest BCUT2D eigenvalue weighted by Gasteiger charge is -2.39. The zero-order valence-corrected chi connectivity index (χ0v) is 17.8. The second kappa shape index (κ2) is 9.20. The number of nitrogens with zero attached hydrogens (tertiary/aromatic N) is 2. The van der Waals surface area contributed by atoms with Crippen LogP contribution < -0.4 is 5.32 Å². The van der Waals surface area contributed by atoms with Gasteiger partial charge in [-0.15, -0.1) is 0 Å². The SMILES string of the molecule is Cc1cc(F)ccc1C1CNCCN1C(=O)N(C)Cc1cc(C(F)(F)F)cc(C(F)(F)F)c1. The third kappa shape index (κ3) is 5.76. The lowest BCUT2D eigenvalue weighted by molar-refractivity contribution is -0.143. The summed E-state index contributed by atoms with van der Waals surface area (Å²) in [4.78, 5) is 15.7. The summed E-state index contributed by atoms with van der Waals surface area (Å²) >= 11 is 0. The molecule has 0 saturated carbocycles. The van der Waals surface area contributed by atoms with E-state index in [1.807, 2.05) is 0 Å². The molecule has 0 radical (unpaired) electrons. The number of benzene rings is 2. The predicted octanol–water partition coefficient (Wildman–Crippen LogP) is 5.37. The lowest BCUT2D eigenvalue weighted by Crippen LogP contribution is -2.52. The van der Waals surface area contributed by atoms with Crippen LogP contribution in [-0.4, -0.2) is 42.5 Å². The zero-order chi connectivity index (χ0) is 24.6. The van der Waals surface area contributed by atoms with Crippen molar-refractivity contribution in [3.05, 3.63) is 70.0 Å². The fourth-order valence-electron chi connectivity index (χ4n) is 3.90. The first kappa shape index (κ1) is 24.8. The van der Waals surface area contributed by atoms with Gasteiger partial charge in [0.2, 0.25) is 0 Å². The fourth-order valence-corrected chi connectivity index (χ4v) is 3.90. The molecule has 0 bridgehead atoms. The van der Waals surface area contributed by atoms with Crippen molar-refractivity contribution < 1.29 is 35.5 Å². The number of hydrogen-bond donors (Lipinski definition) is 1. The van der Waals surface area contributed by atoms with E-state index in [4.69, 9.17) is 0 Å². The Morgan fingerprint density at radius 2 is 1.67 bits per heavy atom. The molecule has 0 aromatic heterocycles. The first-order valence-corrected chi connectivity index (χ1v) is 10.0.